The molecular weight excluding hydrogens is 240 g/mol. The number of hydrogen-bond acceptors (Lipinski definition) is 4. The number of carbonyl (C=O) groups is 1. The zero-order valence-corrected chi connectivity index (χ0v) is 11.1. The average Bonchev–Trinajstić information content (AvgIpc) is 2.47. The lowest BCUT2D eigenvalue weighted by Crippen LogP contribution is -2.44. The minimum absolute atomic E-state index is 0.0984. The van der Waals surface area contributed by atoms with E-state index in [9.17, 15) is 4.79 Å². The molecule has 19 heavy (non-hydrogen) atoms. The lowest BCUT2D eigenvalue weighted by atomic mass is 10.1. The number of hydrogen-bond donors (Lipinski definition) is 0. The van der Waals surface area contributed by atoms with Crippen molar-refractivity contribution in [1.82, 2.24) is 4.90 Å². The summed E-state index contributed by atoms with van der Waals surface area (Å²) in [4.78, 5) is 14.1. The van der Waals surface area contributed by atoms with E-state index in [1.807, 2.05) is 29.2 Å². The van der Waals surface area contributed by atoms with Crippen LogP contribution in [0.2, 0.25) is 0 Å². The maximum absolute atomic E-state index is 12.1. The molecule has 2 rings (SSSR count). The van der Waals surface area contributed by atoms with Crippen molar-refractivity contribution < 1.29 is 9.53 Å². The molecule has 1 aliphatic heterocycles. The second-order valence-corrected chi connectivity index (χ2v) is 4.70. The van der Waals surface area contributed by atoms with Gasteiger partial charge in [-0.25, -0.2) is 0 Å². The lowest BCUT2D eigenvalue weighted by Gasteiger charge is -2.28. The van der Waals surface area contributed by atoms with Gasteiger partial charge >= 0.3 is 0 Å². The second-order valence-electron chi connectivity index (χ2n) is 4.70. The Bertz CT molecular complexity index is 476. The maximum atomic E-state index is 12.1. The summed E-state index contributed by atoms with van der Waals surface area (Å²) in [6.45, 7) is 4.17. The first-order valence-corrected chi connectivity index (χ1v) is 6.58. The molecule has 1 heterocycles. The Labute approximate surface area is 113 Å². The SMILES string of the molecule is CCc1ccc(C(=O)CN2CCOC(C#N)C2)cc1. The van der Waals surface area contributed by atoms with Crippen LogP contribution < -0.4 is 0 Å². The number of Topliss-reactive ketones (excluding diaryl/α,β-unsaturated/α-hetero) is 1. The molecule has 1 aliphatic rings. The number of ketones is 1. The smallest absolute Gasteiger partial charge is 0.176 e. The van der Waals surface area contributed by atoms with E-state index >= 15 is 0 Å². The normalized spacial score (nSPS) is 19.9. The van der Waals surface area contributed by atoms with E-state index in [0.29, 0.717) is 26.2 Å². The molecule has 0 bridgehead atoms. The van der Waals surface area contributed by atoms with Gasteiger partial charge in [0.15, 0.2) is 11.9 Å². The monoisotopic (exact) mass is 258 g/mol. The summed E-state index contributed by atoms with van der Waals surface area (Å²) in [5.74, 6) is 0.0984. The van der Waals surface area contributed by atoms with Gasteiger partial charge in [-0.1, -0.05) is 31.2 Å². The topological polar surface area (TPSA) is 53.3 Å². The standard InChI is InChI=1S/C15H18N2O2/c1-2-12-3-5-13(6-4-12)15(18)11-17-7-8-19-14(9-16)10-17/h3-6,14H,2,7-8,10-11H2,1H3. The first-order valence-electron chi connectivity index (χ1n) is 6.58. The first-order chi connectivity index (χ1) is 9.22. The molecule has 0 aliphatic carbocycles. The van der Waals surface area contributed by atoms with Gasteiger partial charge in [-0.2, -0.15) is 5.26 Å². The van der Waals surface area contributed by atoms with Crippen LogP contribution in [0.25, 0.3) is 0 Å². The van der Waals surface area contributed by atoms with Crippen molar-refractivity contribution in [3.8, 4) is 6.07 Å². The van der Waals surface area contributed by atoms with Crippen molar-refractivity contribution >= 4 is 5.78 Å². The Morgan fingerprint density at radius 3 is 2.84 bits per heavy atom. The summed E-state index contributed by atoms with van der Waals surface area (Å²) in [7, 11) is 0. The summed E-state index contributed by atoms with van der Waals surface area (Å²) in [5.41, 5.74) is 1.96. The van der Waals surface area contributed by atoms with E-state index in [0.717, 1.165) is 12.0 Å². The number of carbonyl (C=O) groups excluding carboxylic acids is 1. The summed E-state index contributed by atoms with van der Waals surface area (Å²) in [6, 6.07) is 9.82. The fourth-order valence-corrected chi connectivity index (χ4v) is 2.14. The first kappa shape index (κ1) is 13.7. The number of nitrogens with zero attached hydrogens (tertiary/aromatic N) is 2. The second kappa shape index (κ2) is 6.46. The van der Waals surface area contributed by atoms with Crippen LogP contribution in [0.5, 0.6) is 0 Å². The van der Waals surface area contributed by atoms with E-state index in [-0.39, 0.29) is 5.78 Å². The summed E-state index contributed by atoms with van der Waals surface area (Å²) in [6.07, 6.45) is 0.561. The van der Waals surface area contributed by atoms with Crippen LogP contribution >= 0.6 is 0 Å². The highest BCUT2D eigenvalue weighted by molar-refractivity contribution is 5.97. The molecule has 4 heteroatoms. The number of aryl methyl sites for hydroxylation is 1. The maximum Gasteiger partial charge on any atom is 0.176 e. The minimum Gasteiger partial charge on any atom is -0.361 e. The summed E-state index contributed by atoms with van der Waals surface area (Å²) >= 11 is 0. The van der Waals surface area contributed by atoms with E-state index in [1.54, 1.807) is 0 Å². The lowest BCUT2D eigenvalue weighted by molar-refractivity contribution is 0.00241. The fraction of sp³-hybridized carbons (Fsp3) is 0.467. The average molecular weight is 258 g/mol. The zero-order valence-electron chi connectivity index (χ0n) is 11.1. The molecule has 4 nitrogen and oxygen atoms in total. The number of benzene rings is 1. The molecule has 1 atom stereocenters. The van der Waals surface area contributed by atoms with E-state index in [1.165, 1.54) is 5.56 Å². The Morgan fingerprint density at radius 1 is 1.47 bits per heavy atom. The van der Waals surface area contributed by atoms with Crippen molar-refractivity contribution in [1.29, 1.82) is 5.26 Å². The predicted octanol–water partition coefficient (Wildman–Crippen LogP) is 1.66. The van der Waals surface area contributed by atoms with Gasteiger partial charge in [0.2, 0.25) is 0 Å². The molecule has 1 fully saturated rings. The van der Waals surface area contributed by atoms with Crippen molar-refractivity contribution in [3.05, 3.63) is 35.4 Å². The van der Waals surface area contributed by atoms with Crippen molar-refractivity contribution in [2.75, 3.05) is 26.2 Å². The molecule has 0 amide bonds. The van der Waals surface area contributed by atoms with Gasteiger partial charge in [0.05, 0.1) is 19.2 Å². The van der Waals surface area contributed by atoms with E-state index < -0.39 is 6.10 Å². The van der Waals surface area contributed by atoms with Gasteiger partial charge in [0.25, 0.3) is 0 Å². The largest absolute Gasteiger partial charge is 0.361 e. The van der Waals surface area contributed by atoms with Gasteiger partial charge < -0.3 is 4.74 Å². The number of morpholine rings is 1. The summed E-state index contributed by atoms with van der Waals surface area (Å²) in [5, 5.41) is 8.83. The molecule has 0 spiro atoms. The van der Waals surface area contributed by atoms with Gasteiger partial charge in [-0.15, -0.1) is 0 Å². The Balaban J connectivity index is 1.94. The third kappa shape index (κ3) is 3.63. The van der Waals surface area contributed by atoms with Crippen molar-refractivity contribution in [2.24, 2.45) is 0 Å². The molecule has 1 saturated heterocycles. The third-order valence-electron chi connectivity index (χ3n) is 3.35. The van der Waals surface area contributed by atoms with Crippen LogP contribution in [0.1, 0.15) is 22.8 Å². The van der Waals surface area contributed by atoms with Crippen LogP contribution in [-0.2, 0) is 11.2 Å². The van der Waals surface area contributed by atoms with E-state index in [2.05, 4.69) is 13.0 Å². The van der Waals surface area contributed by atoms with Gasteiger partial charge in [0, 0.05) is 18.7 Å². The van der Waals surface area contributed by atoms with Crippen LogP contribution in [0, 0.1) is 11.3 Å². The van der Waals surface area contributed by atoms with E-state index in [4.69, 9.17) is 10.00 Å². The third-order valence-corrected chi connectivity index (χ3v) is 3.35. The Morgan fingerprint density at radius 2 is 2.21 bits per heavy atom. The molecule has 0 saturated carbocycles. The van der Waals surface area contributed by atoms with Crippen LogP contribution in [-0.4, -0.2) is 43.0 Å². The molecule has 1 aromatic rings. The predicted molar refractivity (Wildman–Crippen MR) is 71.9 cm³/mol. The highest BCUT2D eigenvalue weighted by Gasteiger charge is 2.22. The number of ether oxygens (including phenoxy) is 1. The molecule has 100 valence electrons. The molecule has 0 N–H and O–H groups in total. The number of rotatable bonds is 4. The van der Waals surface area contributed by atoms with Gasteiger partial charge in [-0.05, 0) is 12.0 Å². The Kier molecular flexibility index (Phi) is 4.67. The summed E-state index contributed by atoms with van der Waals surface area (Å²) < 4.78 is 5.26. The van der Waals surface area contributed by atoms with Gasteiger partial charge in [-0.3, -0.25) is 9.69 Å². The minimum atomic E-state index is -0.413. The zero-order chi connectivity index (χ0) is 13.7. The molecule has 1 aromatic carbocycles. The highest BCUT2D eigenvalue weighted by Crippen LogP contribution is 2.09. The van der Waals surface area contributed by atoms with Crippen LogP contribution in [0.3, 0.4) is 0 Å². The number of nitriles is 1. The fourth-order valence-electron chi connectivity index (χ4n) is 2.14. The molecule has 0 aromatic heterocycles. The van der Waals surface area contributed by atoms with Crippen molar-refractivity contribution in [2.45, 2.75) is 19.4 Å². The molecule has 1 unspecified atom stereocenters. The highest BCUT2D eigenvalue weighted by atomic mass is 16.5. The van der Waals surface area contributed by atoms with Crippen molar-refractivity contribution in [3.63, 3.8) is 0 Å². The van der Waals surface area contributed by atoms with Gasteiger partial charge in [0.1, 0.15) is 0 Å². The molecule has 0 radical (unpaired) electrons. The quantitative estimate of drug-likeness (QED) is 0.771. The Hall–Kier alpha value is -1.70. The van der Waals surface area contributed by atoms with Crippen LogP contribution in [0.4, 0.5) is 0 Å². The van der Waals surface area contributed by atoms with Crippen LogP contribution in [0.15, 0.2) is 24.3 Å². The molecular formula is C15H18N2O2.